The number of oxazole rings is 1. The molecule has 1 atom stereocenters. The molecule has 0 aliphatic rings. The van der Waals surface area contributed by atoms with Crippen molar-refractivity contribution in [3.8, 4) is 17.2 Å². The minimum Gasteiger partial charge on any atom is -0.483 e. The van der Waals surface area contributed by atoms with Crippen molar-refractivity contribution in [2.75, 3.05) is 5.88 Å². The van der Waals surface area contributed by atoms with Gasteiger partial charge >= 0.3 is 0 Å². The van der Waals surface area contributed by atoms with E-state index in [2.05, 4.69) is 4.98 Å². The fraction of sp³-hybridized carbons (Fsp3) is 0.167. The quantitative estimate of drug-likeness (QED) is 0.621. The van der Waals surface area contributed by atoms with Crippen molar-refractivity contribution in [3.05, 3.63) is 72.1 Å². The Morgan fingerprint density at radius 3 is 2.32 bits per heavy atom. The van der Waals surface area contributed by atoms with Gasteiger partial charge in [0.25, 0.3) is 0 Å². The van der Waals surface area contributed by atoms with Crippen LogP contribution in [0.1, 0.15) is 17.6 Å². The standard InChI is InChI=1S/C18H16ClNO2/c1-13-17(16(12-19)22-15-10-6-3-7-11-15)20-18(21-13)14-8-4-2-5-9-14/h2-11,16H,12H2,1H3. The fourth-order valence-corrected chi connectivity index (χ4v) is 2.44. The predicted octanol–water partition coefficient (Wildman–Crippen LogP) is 5.01. The molecule has 1 aromatic heterocycles. The van der Waals surface area contributed by atoms with E-state index in [1.54, 1.807) is 0 Å². The first kappa shape index (κ1) is 14.7. The molecule has 112 valence electrons. The summed E-state index contributed by atoms with van der Waals surface area (Å²) < 4.78 is 11.7. The van der Waals surface area contributed by atoms with Gasteiger partial charge < -0.3 is 9.15 Å². The van der Waals surface area contributed by atoms with E-state index in [9.17, 15) is 0 Å². The zero-order chi connectivity index (χ0) is 15.4. The van der Waals surface area contributed by atoms with Crippen molar-refractivity contribution in [2.24, 2.45) is 0 Å². The first-order chi connectivity index (χ1) is 10.8. The largest absolute Gasteiger partial charge is 0.483 e. The molecule has 0 spiro atoms. The number of benzene rings is 2. The highest BCUT2D eigenvalue weighted by atomic mass is 35.5. The number of nitrogens with zero attached hydrogens (tertiary/aromatic N) is 1. The molecule has 3 aromatic rings. The van der Waals surface area contributed by atoms with Gasteiger partial charge in [0.15, 0.2) is 6.10 Å². The lowest BCUT2D eigenvalue weighted by atomic mass is 10.2. The first-order valence-electron chi connectivity index (χ1n) is 7.08. The highest BCUT2D eigenvalue weighted by Crippen LogP contribution is 2.29. The van der Waals surface area contributed by atoms with Gasteiger partial charge in [-0.05, 0) is 31.2 Å². The van der Waals surface area contributed by atoms with Gasteiger partial charge in [0.1, 0.15) is 17.2 Å². The molecule has 4 heteroatoms. The molecule has 0 aliphatic carbocycles. The van der Waals surface area contributed by atoms with Gasteiger partial charge in [-0.2, -0.15) is 0 Å². The second kappa shape index (κ2) is 6.67. The highest BCUT2D eigenvalue weighted by molar-refractivity contribution is 6.18. The third-order valence-corrected chi connectivity index (χ3v) is 3.60. The summed E-state index contributed by atoms with van der Waals surface area (Å²) in [4.78, 5) is 4.57. The summed E-state index contributed by atoms with van der Waals surface area (Å²) >= 11 is 6.07. The van der Waals surface area contributed by atoms with Crippen molar-refractivity contribution in [1.29, 1.82) is 0 Å². The molecule has 1 unspecified atom stereocenters. The van der Waals surface area contributed by atoms with Gasteiger partial charge in [-0.25, -0.2) is 4.98 Å². The van der Waals surface area contributed by atoms with Crippen LogP contribution in [-0.4, -0.2) is 10.9 Å². The summed E-state index contributed by atoms with van der Waals surface area (Å²) in [6.07, 6.45) is -0.342. The van der Waals surface area contributed by atoms with Gasteiger partial charge in [0, 0.05) is 5.56 Å². The molecule has 0 saturated heterocycles. The van der Waals surface area contributed by atoms with E-state index >= 15 is 0 Å². The summed E-state index contributed by atoms with van der Waals surface area (Å²) in [6.45, 7) is 1.88. The second-order valence-corrected chi connectivity index (χ2v) is 5.21. The van der Waals surface area contributed by atoms with Crippen LogP contribution in [0.2, 0.25) is 0 Å². The molecule has 0 saturated carbocycles. The van der Waals surface area contributed by atoms with Crippen LogP contribution in [0, 0.1) is 6.92 Å². The van der Waals surface area contributed by atoms with Crippen LogP contribution >= 0.6 is 11.6 Å². The van der Waals surface area contributed by atoms with E-state index < -0.39 is 0 Å². The van der Waals surface area contributed by atoms with Crippen molar-refractivity contribution in [3.63, 3.8) is 0 Å². The van der Waals surface area contributed by atoms with E-state index in [4.69, 9.17) is 20.8 Å². The number of hydrogen-bond donors (Lipinski definition) is 0. The molecular weight excluding hydrogens is 298 g/mol. The number of para-hydroxylation sites is 1. The Labute approximate surface area is 134 Å². The third kappa shape index (κ3) is 3.15. The van der Waals surface area contributed by atoms with Gasteiger partial charge in [-0.3, -0.25) is 0 Å². The SMILES string of the molecule is Cc1oc(-c2ccccc2)nc1C(CCl)Oc1ccccc1. The van der Waals surface area contributed by atoms with E-state index in [1.807, 2.05) is 67.6 Å². The molecule has 0 aliphatic heterocycles. The molecule has 0 N–H and O–H groups in total. The molecule has 22 heavy (non-hydrogen) atoms. The summed E-state index contributed by atoms with van der Waals surface area (Å²) in [5.74, 6) is 2.37. The lowest BCUT2D eigenvalue weighted by molar-refractivity contribution is 0.223. The molecule has 0 amide bonds. The number of alkyl halides is 1. The lowest BCUT2D eigenvalue weighted by Crippen LogP contribution is -2.11. The van der Waals surface area contributed by atoms with E-state index in [0.717, 1.165) is 22.8 Å². The Balaban J connectivity index is 1.88. The van der Waals surface area contributed by atoms with Crippen molar-refractivity contribution < 1.29 is 9.15 Å². The van der Waals surface area contributed by atoms with Crippen LogP contribution in [0.25, 0.3) is 11.5 Å². The Morgan fingerprint density at radius 1 is 1.05 bits per heavy atom. The molecule has 1 heterocycles. The monoisotopic (exact) mass is 313 g/mol. The summed E-state index contributed by atoms with van der Waals surface area (Å²) in [5, 5.41) is 0. The summed E-state index contributed by atoms with van der Waals surface area (Å²) in [6, 6.07) is 19.4. The van der Waals surface area contributed by atoms with Crippen LogP contribution < -0.4 is 4.74 Å². The normalized spacial score (nSPS) is 12.1. The molecule has 0 bridgehead atoms. The van der Waals surface area contributed by atoms with Crippen molar-refractivity contribution in [2.45, 2.75) is 13.0 Å². The van der Waals surface area contributed by atoms with Crippen molar-refractivity contribution in [1.82, 2.24) is 4.98 Å². The maximum Gasteiger partial charge on any atom is 0.226 e. The first-order valence-corrected chi connectivity index (χ1v) is 7.62. The second-order valence-electron chi connectivity index (χ2n) is 4.90. The van der Waals surface area contributed by atoms with Gasteiger partial charge in [-0.1, -0.05) is 36.4 Å². The van der Waals surface area contributed by atoms with E-state index in [-0.39, 0.29) is 6.10 Å². The molecular formula is C18H16ClNO2. The molecule has 0 radical (unpaired) electrons. The Hall–Kier alpha value is -2.26. The maximum atomic E-state index is 6.07. The smallest absolute Gasteiger partial charge is 0.226 e. The minimum absolute atomic E-state index is 0.302. The average Bonchev–Trinajstić information content (AvgIpc) is 2.96. The van der Waals surface area contributed by atoms with Gasteiger partial charge in [0.2, 0.25) is 5.89 Å². The van der Waals surface area contributed by atoms with E-state index in [0.29, 0.717) is 11.8 Å². The minimum atomic E-state index is -0.342. The number of hydrogen-bond acceptors (Lipinski definition) is 3. The molecule has 3 nitrogen and oxygen atoms in total. The number of rotatable bonds is 5. The van der Waals surface area contributed by atoms with Crippen molar-refractivity contribution >= 4 is 11.6 Å². The topological polar surface area (TPSA) is 35.3 Å². The maximum absolute atomic E-state index is 6.07. The zero-order valence-corrected chi connectivity index (χ0v) is 13.0. The highest BCUT2D eigenvalue weighted by Gasteiger charge is 2.21. The summed E-state index contributed by atoms with van der Waals surface area (Å²) in [7, 11) is 0. The molecule has 2 aromatic carbocycles. The van der Waals surface area contributed by atoms with Gasteiger partial charge in [-0.15, -0.1) is 11.6 Å². The molecule has 0 fully saturated rings. The number of aryl methyl sites for hydroxylation is 1. The lowest BCUT2D eigenvalue weighted by Gasteiger charge is -2.14. The third-order valence-electron chi connectivity index (χ3n) is 3.32. The number of ether oxygens (including phenoxy) is 1. The Bertz CT molecular complexity index is 725. The summed E-state index contributed by atoms with van der Waals surface area (Å²) in [5.41, 5.74) is 1.67. The average molecular weight is 314 g/mol. The predicted molar refractivity (Wildman–Crippen MR) is 87.2 cm³/mol. The van der Waals surface area contributed by atoms with Crippen LogP contribution in [-0.2, 0) is 0 Å². The Kier molecular flexibility index (Phi) is 4.45. The van der Waals surface area contributed by atoms with Crippen LogP contribution in [0.5, 0.6) is 5.75 Å². The van der Waals surface area contributed by atoms with Crippen LogP contribution in [0.4, 0.5) is 0 Å². The van der Waals surface area contributed by atoms with Gasteiger partial charge in [0.05, 0.1) is 5.88 Å². The Morgan fingerprint density at radius 2 is 1.68 bits per heavy atom. The number of aromatic nitrogens is 1. The van der Waals surface area contributed by atoms with Crippen LogP contribution in [0.15, 0.2) is 65.1 Å². The zero-order valence-electron chi connectivity index (χ0n) is 12.2. The molecule has 3 rings (SSSR count). The van der Waals surface area contributed by atoms with E-state index in [1.165, 1.54) is 0 Å². The number of halogens is 1. The fourth-order valence-electron chi connectivity index (χ4n) is 2.23. The van der Waals surface area contributed by atoms with Crippen LogP contribution in [0.3, 0.4) is 0 Å².